The van der Waals surface area contributed by atoms with Gasteiger partial charge >= 0.3 is 5.97 Å². The number of para-hydroxylation sites is 2. The number of aliphatic carboxylic acids is 1. The van der Waals surface area contributed by atoms with Gasteiger partial charge in [0.1, 0.15) is 23.9 Å². The van der Waals surface area contributed by atoms with Crippen LogP contribution in [0.25, 0.3) is 11.1 Å². The average Bonchev–Trinajstić information content (AvgIpc) is 3.56. The zero-order valence-corrected chi connectivity index (χ0v) is 31.7. The predicted octanol–water partition coefficient (Wildman–Crippen LogP) is 8.21. The molecule has 2 aliphatic rings. The van der Waals surface area contributed by atoms with Crippen LogP contribution < -0.4 is 20.7 Å². The van der Waals surface area contributed by atoms with Crippen molar-refractivity contribution in [2.24, 2.45) is 0 Å². The maximum Gasteiger partial charge on any atom is 0.326 e. The zero-order chi connectivity index (χ0) is 35.8. The summed E-state index contributed by atoms with van der Waals surface area (Å²) < 4.78 is 12.4. The molecule has 2 fully saturated rings. The van der Waals surface area contributed by atoms with Crippen molar-refractivity contribution in [1.29, 1.82) is 0 Å². The van der Waals surface area contributed by atoms with Crippen LogP contribution in [0.15, 0.2) is 89.0 Å². The van der Waals surface area contributed by atoms with Gasteiger partial charge in [-0.1, -0.05) is 74.9 Å². The molecule has 1 atom stereocenters. The molecule has 0 saturated heterocycles. The molecule has 1 unspecified atom stereocenters. The van der Waals surface area contributed by atoms with Crippen LogP contribution in [0.1, 0.15) is 92.9 Å². The van der Waals surface area contributed by atoms with Gasteiger partial charge in [-0.15, -0.1) is 0 Å². The molecule has 0 radical (unpaired) electrons. The number of carbonyl (C=O) groups excluding carboxylic acids is 1. The van der Waals surface area contributed by atoms with E-state index in [0.717, 1.165) is 32.3 Å². The molecule has 1 heterocycles. The minimum absolute atomic E-state index is 0.178. The molecular weight excluding hydrogens is 755 g/mol. The number of carbonyl (C=O) groups is 2. The monoisotopic (exact) mass is 806 g/mol. The Morgan fingerprint density at radius 2 is 1.63 bits per heavy atom. The highest BCUT2D eigenvalue weighted by Gasteiger charge is 2.20. The Bertz CT molecular complexity index is 1660. The van der Waals surface area contributed by atoms with Crippen LogP contribution in [0.5, 0.6) is 5.75 Å². The topological polar surface area (TPSA) is 126 Å². The minimum atomic E-state index is -0.996. The second-order valence-electron chi connectivity index (χ2n) is 13.5. The van der Waals surface area contributed by atoms with Crippen LogP contribution in [-0.4, -0.2) is 53.1 Å². The molecular formula is C41H51IN4O5. The third kappa shape index (κ3) is 13.1. The highest BCUT2D eigenvalue weighted by atomic mass is 127. The van der Waals surface area contributed by atoms with Crippen LogP contribution in [0, 0.1) is 3.57 Å². The number of halogens is 1. The van der Waals surface area contributed by atoms with Crippen LogP contribution in [0.4, 0.5) is 0 Å². The number of rotatable bonds is 15. The second kappa shape index (κ2) is 20.3. The highest BCUT2D eigenvalue weighted by Crippen LogP contribution is 2.23. The molecule has 0 amide bonds. The first-order chi connectivity index (χ1) is 24.8. The summed E-state index contributed by atoms with van der Waals surface area (Å²) in [6.07, 6.45) is 16.2. The van der Waals surface area contributed by atoms with Crippen molar-refractivity contribution in [2.45, 2.75) is 102 Å². The molecule has 51 heavy (non-hydrogen) atoms. The van der Waals surface area contributed by atoms with Gasteiger partial charge in [-0.25, -0.2) is 9.78 Å². The number of fused-ring (bicyclic) bond motifs is 1. The van der Waals surface area contributed by atoms with Crippen LogP contribution in [0.3, 0.4) is 0 Å². The van der Waals surface area contributed by atoms with Gasteiger partial charge in [0.25, 0.3) is 0 Å². The standard InChI is InChI=1S/C29H28IN3O5.C12H23N/c1-19(15-26(34)21-5-4-6-22(30)17-21)32-25(29(35)36)16-20-9-11-23(12-10-20)37-14-13-31-18-28-33-24-7-2-3-8-27(24)38-28;1-3-7-11(8-4-1)13-12-9-5-2-6-10-12/h2-12,15,17,25,31-32H,13-14,16,18H2,1H3,(H,35,36);11-13H,1-10H2/b19-15-;. The minimum Gasteiger partial charge on any atom is -0.492 e. The number of nitrogens with one attached hydrogen (secondary N) is 3. The second-order valence-corrected chi connectivity index (χ2v) is 14.8. The molecule has 4 aromatic rings. The summed E-state index contributed by atoms with van der Waals surface area (Å²) in [5, 5.41) is 19.7. The fourth-order valence-corrected chi connectivity index (χ4v) is 7.24. The number of oxazole rings is 1. The van der Waals surface area contributed by atoms with E-state index in [-0.39, 0.29) is 12.2 Å². The summed E-state index contributed by atoms with van der Waals surface area (Å²) >= 11 is 2.15. The SMILES string of the molecule is C/C(=C/C(=O)c1cccc(I)c1)NC(Cc1ccc(OCCNCc2nc3ccccc3o2)cc1)C(=O)O.C1CCC(NC2CCCCC2)CC1. The lowest BCUT2D eigenvalue weighted by Gasteiger charge is -2.30. The van der Waals surface area contributed by atoms with Gasteiger partial charge in [0.05, 0.1) is 6.54 Å². The molecule has 10 heteroatoms. The van der Waals surface area contributed by atoms with E-state index in [9.17, 15) is 14.7 Å². The van der Waals surface area contributed by atoms with Crippen LogP contribution >= 0.6 is 22.6 Å². The van der Waals surface area contributed by atoms with Gasteiger partial charge in [0.2, 0.25) is 5.89 Å². The number of carboxylic acids is 1. The molecule has 9 nitrogen and oxygen atoms in total. The summed E-state index contributed by atoms with van der Waals surface area (Å²) in [5.74, 6) is 0.144. The average molecular weight is 807 g/mol. The van der Waals surface area contributed by atoms with E-state index >= 15 is 0 Å². The van der Waals surface area contributed by atoms with Gasteiger partial charge in [0, 0.05) is 46.0 Å². The van der Waals surface area contributed by atoms with Crippen molar-refractivity contribution in [1.82, 2.24) is 20.9 Å². The Morgan fingerprint density at radius 1 is 0.941 bits per heavy atom. The number of ketones is 1. The van der Waals surface area contributed by atoms with E-state index in [4.69, 9.17) is 9.15 Å². The van der Waals surface area contributed by atoms with E-state index in [1.165, 1.54) is 70.3 Å². The Hall–Kier alpha value is -3.74. The molecule has 272 valence electrons. The summed E-state index contributed by atoms with van der Waals surface area (Å²) in [5.41, 5.74) is 3.49. The summed E-state index contributed by atoms with van der Waals surface area (Å²) in [7, 11) is 0. The normalized spacial score (nSPS) is 16.2. The van der Waals surface area contributed by atoms with Gasteiger partial charge in [-0.05, 0) is 97.2 Å². The summed E-state index contributed by atoms with van der Waals surface area (Å²) in [4.78, 5) is 28.8. The summed E-state index contributed by atoms with van der Waals surface area (Å²) in [6, 6.07) is 23.1. The van der Waals surface area contributed by atoms with E-state index in [1.807, 2.05) is 60.7 Å². The van der Waals surface area contributed by atoms with Crippen molar-refractivity contribution in [3.05, 3.63) is 105 Å². The fraction of sp³-hybridized carbons (Fsp3) is 0.439. The van der Waals surface area contributed by atoms with Crippen molar-refractivity contribution in [3.8, 4) is 5.75 Å². The van der Waals surface area contributed by atoms with Crippen LogP contribution in [0.2, 0.25) is 0 Å². The number of benzene rings is 3. The maximum atomic E-state index is 12.5. The Balaban J connectivity index is 0.000000323. The quantitative estimate of drug-likeness (QED) is 0.0407. The van der Waals surface area contributed by atoms with E-state index in [2.05, 4.69) is 43.5 Å². The third-order valence-electron chi connectivity index (χ3n) is 9.36. The molecule has 6 rings (SSSR count). The number of carboxylic acid groups (broad SMARTS) is 1. The molecule has 4 N–H and O–H groups in total. The highest BCUT2D eigenvalue weighted by molar-refractivity contribution is 14.1. The predicted molar refractivity (Wildman–Crippen MR) is 210 cm³/mol. The van der Waals surface area contributed by atoms with E-state index in [1.54, 1.807) is 19.1 Å². The maximum absolute atomic E-state index is 12.5. The van der Waals surface area contributed by atoms with Gasteiger partial charge in [-0.2, -0.15) is 0 Å². The van der Waals surface area contributed by atoms with Gasteiger partial charge < -0.3 is 30.2 Å². The number of allylic oxidation sites excluding steroid dienone is 2. The molecule has 0 bridgehead atoms. The zero-order valence-electron chi connectivity index (χ0n) is 29.5. The number of aromatic nitrogens is 1. The van der Waals surface area contributed by atoms with Gasteiger partial charge in [0.15, 0.2) is 11.4 Å². The van der Waals surface area contributed by atoms with E-state index < -0.39 is 12.0 Å². The molecule has 2 saturated carbocycles. The number of hydrogen-bond donors (Lipinski definition) is 4. The lowest BCUT2D eigenvalue weighted by Crippen LogP contribution is -2.40. The number of hydrogen-bond acceptors (Lipinski definition) is 8. The van der Waals surface area contributed by atoms with Crippen molar-refractivity contribution >= 4 is 45.4 Å². The fourth-order valence-electron chi connectivity index (χ4n) is 6.70. The number of nitrogens with zero attached hydrogens (tertiary/aromatic N) is 1. The number of ether oxygens (including phenoxy) is 1. The molecule has 0 aliphatic heterocycles. The lowest BCUT2D eigenvalue weighted by atomic mass is 9.91. The Morgan fingerprint density at radius 3 is 2.27 bits per heavy atom. The molecule has 1 aromatic heterocycles. The van der Waals surface area contributed by atoms with Crippen molar-refractivity contribution in [2.75, 3.05) is 13.2 Å². The van der Waals surface area contributed by atoms with Crippen molar-refractivity contribution in [3.63, 3.8) is 0 Å². The van der Waals surface area contributed by atoms with Crippen LogP contribution in [-0.2, 0) is 17.8 Å². The Labute approximate surface area is 315 Å². The largest absolute Gasteiger partial charge is 0.492 e. The molecule has 2 aliphatic carbocycles. The van der Waals surface area contributed by atoms with E-state index in [0.29, 0.717) is 42.6 Å². The third-order valence-corrected chi connectivity index (χ3v) is 10.0. The smallest absolute Gasteiger partial charge is 0.326 e. The first kappa shape index (κ1) is 38.5. The first-order valence-corrected chi connectivity index (χ1v) is 19.4. The summed E-state index contributed by atoms with van der Waals surface area (Å²) in [6.45, 7) is 3.26. The molecule has 0 spiro atoms. The van der Waals surface area contributed by atoms with Crippen molar-refractivity contribution < 1.29 is 23.8 Å². The first-order valence-electron chi connectivity index (χ1n) is 18.3. The lowest BCUT2D eigenvalue weighted by molar-refractivity contribution is -0.139. The van der Waals surface area contributed by atoms with Gasteiger partial charge in [-0.3, -0.25) is 4.79 Å². The molecule has 3 aromatic carbocycles. The Kier molecular flexibility index (Phi) is 15.3.